The van der Waals surface area contributed by atoms with Gasteiger partial charge in [0.15, 0.2) is 0 Å². The predicted molar refractivity (Wildman–Crippen MR) is 125 cm³/mol. The second-order valence-corrected chi connectivity index (χ2v) is 8.84. The Morgan fingerprint density at radius 3 is 2.53 bits per heavy atom. The number of hydrogen-bond acceptors (Lipinski definition) is 6. The zero-order valence-electron chi connectivity index (χ0n) is 19.7. The molecule has 1 aliphatic carbocycles. The van der Waals surface area contributed by atoms with Crippen LogP contribution in [0.4, 0.5) is 13.2 Å². The van der Waals surface area contributed by atoms with Crippen LogP contribution >= 0.6 is 0 Å². The number of nitrogens with zero attached hydrogens (tertiary/aromatic N) is 5. The number of aryl methyl sites for hydroxylation is 1. The van der Waals surface area contributed by atoms with Crippen LogP contribution in [0, 0.1) is 11.3 Å². The number of alkyl halides is 3. The first-order valence-corrected chi connectivity index (χ1v) is 11.3. The Kier molecular flexibility index (Phi) is 5.63. The van der Waals surface area contributed by atoms with E-state index in [0.29, 0.717) is 10.1 Å². The van der Waals surface area contributed by atoms with E-state index >= 15 is 0 Å². The van der Waals surface area contributed by atoms with Gasteiger partial charge in [-0.1, -0.05) is 12.1 Å². The Hall–Kier alpha value is -4.86. The fourth-order valence-corrected chi connectivity index (χ4v) is 5.11. The standard InChI is InChI=1S/C25H18F3N5O5/c1-30-19-7-5-13(11-20(19)31(10-9-29)23(30)37)32-12-16(22(35)36)21(34)33(24(32)38)18-8-6-14-15(18)3-2-4-17(14)25(26,27)28/h2-5,7,11-12,18H,6,8,10H2,1H3,(H,35,36)/p-1/t18-/m1/s1. The van der Waals surface area contributed by atoms with Crippen LogP contribution in [0.3, 0.4) is 0 Å². The number of carbonyl (C=O) groups is 1. The van der Waals surface area contributed by atoms with Gasteiger partial charge in [-0.15, -0.1) is 0 Å². The molecule has 1 atom stereocenters. The van der Waals surface area contributed by atoms with Crippen LogP contribution < -0.4 is 22.0 Å². The van der Waals surface area contributed by atoms with E-state index in [9.17, 15) is 37.5 Å². The molecular weight excluding hydrogens is 507 g/mol. The molecule has 38 heavy (non-hydrogen) atoms. The molecule has 4 aromatic rings. The zero-order chi connectivity index (χ0) is 27.5. The summed E-state index contributed by atoms with van der Waals surface area (Å²) < 4.78 is 44.6. The first-order valence-electron chi connectivity index (χ1n) is 11.3. The van der Waals surface area contributed by atoms with Gasteiger partial charge in [0.25, 0.3) is 5.56 Å². The van der Waals surface area contributed by atoms with Crippen molar-refractivity contribution >= 4 is 17.0 Å². The molecule has 0 bridgehead atoms. The van der Waals surface area contributed by atoms with E-state index in [2.05, 4.69) is 0 Å². The number of aromatic carboxylic acids is 1. The number of fused-ring (bicyclic) bond motifs is 2. The lowest BCUT2D eigenvalue weighted by Gasteiger charge is -2.19. The minimum Gasteiger partial charge on any atom is -0.545 e. The zero-order valence-corrected chi connectivity index (χ0v) is 19.7. The number of nitriles is 1. The molecule has 0 amide bonds. The number of benzene rings is 2. The molecule has 0 N–H and O–H groups in total. The van der Waals surface area contributed by atoms with E-state index in [1.54, 1.807) is 0 Å². The van der Waals surface area contributed by atoms with Gasteiger partial charge in [-0.05, 0) is 48.2 Å². The Balaban J connectivity index is 1.77. The Labute approximate surface area is 210 Å². The molecule has 0 aliphatic heterocycles. The van der Waals surface area contributed by atoms with Crippen LogP contribution in [0.15, 0.2) is 57.0 Å². The molecule has 1 aliphatic rings. The second-order valence-electron chi connectivity index (χ2n) is 8.84. The Morgan fingerprint density at radius 2 is 1.87 bits per heavy atom. The summed E-state index contributed by atoms with van der Waals surface area (Å²) in [6, 6.07) is 8.47. The molecule has 194 valence electrons. The molecular formula is C25H17F3N5O5-. The number of aromatic nitrogens is 4. The lowest BCUT2D eigenvalue weighted by atomic mass is 10.0. The molecule has 0 unspecified atom stereocenters. The van der Waals surface area contributed by atoms with Crippen molar-refractivity contribution in [1.82, 2.24) is 18.3 Å². The molecule has 2 heterocycles. The fourth-order valence-electron chi connectivity index (χ4n) is 5.11. The highest BCUT2D eigenvalue weighted by Crippen LogP contribution is 2.41. The quantitative estimate of drug-likeness (QED) is 0.392. The largest absolute Gasteiger partial charge is 0.545 e. The molecule has 13 heteroatoms. The first kappa shape index (κ1) is 24.8. The number of carboxylic acids is 1. The van der Waals surface area contributed by atoms with Crippen LogP contribution in [0.2, 0.25) is 0 Å². The second kappa shape index (κ2) is 8.62. The highest BCUT2D eigenvalue weighted by atomic mass is 19.4. The molecule has 5 rings (SSSR count). The van der Waals surface area contributed by atoms with Gasteiger partial charge in [0, 0.05) is 13.2 Å². The van der Waals surface area contributed by atoms with Gasteiger partial charge >= 0.3 is 17.6 Å². The van der Waals surface area contributed by atoms with E-state index in [0.717, 1.165) is 21.4 Å². The summed E-state index contributed by atoms with van der Waals surface area (Å²) in [4.78, 5) is 51.1. The average molecular weight is 524 g/mol. The smallest absolute Gasteiger partial charge is 0.416 e. The summed E-state index contributed by atoms with van der Waals surface area (Å²) in [7, 11) is 1.49. The normalized spacial score (nSPS) is 15.0. The number of imidazole rings is 1. The maximum Gasteiger partial charge on any atom is 0.416 e. The van der Waals surface area contributed by atoms with Crippen molar-refractivity contribution in [2.24, 2.45) is 7.05 Å². The van der Waals surface area contributed by atoms with Crippen LogP contribution in [-0.2, 0) is 26.2 Å². The Bertz CT molecular complexity index is 1870. The fraction of sp³-hybridized carbons (Fsp3) is 0.240. The van der Waals surface area contributed by atoms with Crippen molar-refractivity contribution < 1.29 is 23.1 Å². The molecule has 2 aromatic carbocycles. The maximum absolute atomic E-state index is 13.6. The van der Waals surface area contributed by atoms with Gasteiger partial charge in [-0.2, -0.15) is 18.4 Å². The molecule has 0 spiro atoms. The van der Waals surface area contributed by atoms with Gasteiger partial charge in [0.05, 0.1) is 45.9 Å². The summed E-state index contributed by atoms with van der Waals surface area (Å²) in [5.41, 5.74) is -3.62. The lowest BCUT2D eigenvalue weighted by molar-refractivity contribution is -0.255. The number of hydrogen-bond donors (Lipinski definition) is 0. The minimum absolute atomic E-state index is 0.0342. The molecule has 0 radical (unpaired) electrons. The molecule has 10 nitrogen and oxygen atoms in total. The van der Waals surface area contributed by atoms with Crippen LogP contribution in [0.1, 0.15) is 39.5 Å². The highest BCUT2D eigenvalue weighted by Gasteiger charge is 2.38. The van der Waals surface area contributed by atoms with E-state index in [-0.39, 0.29) is 41.7 Å². The third-order valence-electron chi connectivity index (χ3n) is 6.83. The first-order chi connectivity index (χ1) is 18.0. The van der Waals surface area contributed by atoms with Gasteiger partial charge in [-0.25, -0.2) is 9.59 Å². The van der Waals surface area contributed by atoms with E-state index < -0.39 is 46.3 Å². The third kappa shape index (κ3) is 3.64. The van der Waals surface area contributed by atoms with Gasteiger partial charge in [0.2, 0.25) is 0 Å². The number of rotatable bonds is 4. The maximum atomic E-state index is 13.6. The number of carboxylic acid groups (broad SMARTS) is 1. The molecule has 0 fully saturated rings. The van der Waals surface area contributed by atoms with Gasteiger partial charge < -0.3 is 9.90 Å². The average Bonchev–Trinajstić information content (AvgIpc) is 3.38. The predicted octanol–water partition coefficient (Wildman–Crippen LogP) is 1.09. The van der Waals surface area contributed by atoms with E-state index in [1.807, 2.05) is 6.07 Å². The number of halogens is 3. The summed E-state index contributed by atoms with van der Waals surface area (Å²) in [5, 5.41) is 21.0. The van der Waals surface area contributed by atoms with Crippen LogP contribution in [0.25, 0.3) is 16.7 Å². The van der Waals surface area contributed by atoms with Crippen molar-refractivity contribution in [1.29, 1.82) is 5.26 Å². The molecule has 0 saturated heterocycles. The van der Waals surface area contributed by atoms with Gasteiger partial charge in [0.1, 0.15) is 6.54 Å². The highest BCUT2D eigenvalue weighted by molar-refractivity contribution is 5.85. The van der Waals surface area contributed by atoms with E-state index in [1.165, 1.54) is 41.9 Å². The van der Waals surface area contributed by atoms with Crippen molar-refractivity contribution in [2.75, 3.05) is 0 Å². The van der Waals surface area contributed by atoms with Crippen molar-refractivity contribution in [3.05, 3.63) is 96.2 Å². The Morgan fingerprint density at radius 1 is 1.13 bits per heavy atom. The topological polar surface area (TPSA) is 135 Å². The monoisotopic (exact) mass is 524 g/mol. The van der Waals surface area contributed by atoms with E-state index in [4.69, 9.17) is 5.26 Å². The van der Waals surface area contributed by atoms with Gasteiger partial charge in [-0.3, -0.25) is 23.1 Å². The lowest BCUT2D eigenvalue weighted by Crippen LogP contribution is -2.45. The summed E-state index contributed by atoms with van der Waals surface area (Å²) in [6.45, 7) is -0.293. The molecule has 2 aromatic heterocycles. The third-order valence-corrected chi connectivity index (χ3v) is 6.83. The number of carbonyl (C=O) groups excluding carboxylic acids is 1. The van der Waals surface area contributed by atoms with Crippen molar-refractivity contribution in [3.63, 3.8) is 0 Å². The minimum atomic E-state index is -4.65. The summed E-state index contributed by atoms with van der Waals surface area (Å²) in [6.07, 6.45) is -3.97. The summed E-state index contributed by atoms with van der Waals surface area (Å²) in [5.74, 6) is -1.87. The van der Waals surface area contributed by atoms with Crippen molar-refractivity contribution in [3.8, 4) is 11.8 Å². The summed E-state index contributed by atoms with van der Waals surface area (Å²) >= 11 is 0. The van der Waals surface area contributed by atoms with Crippen LogP contribution in [0.5, 0.6) is 0 Å². The van der Waals surface area contributed by atoms with Crippen molar-refractivity contribution in [2.45, 2.75) is 31.6 Å². The SMILES string of the molecule is Cn1c(=O)n(CC#N)c2cc(-n3cc(C(=O)[O-])c(=O)n([C@@H]4CCc5c4cccc5C(F)(F)F)c3=O)ccc21. The molecule has 0 saturated carbocycles. The van der Waals surface area contributed by atoms with Crippen LogP contribution in [-0.4, -0.2) is 24.2 Å².